The molecule has 0 aliphatic carbocycles. The summed E-state index contributed by atoms with van der Waals surface area (Å²) in [5, 5.41) is 5.91. The lowest BCUT2D eigenvalue weighted by atomic mass is 10.2. The van der Waals surface area contributed by atoms with Crippen LogP contribution in [0.5, 0.6) is 5.75 Å². The van der Waals surface area contributed by atoms with Gasteiger partial charge in [-0.15, -0.1) is 0 Å². The second kappa shape index (κ2) is 10.9. The minimum Gasteiger partial charge on any atom is -0.487 e. The first-order chi connectivity index (χ1) is 19.0. The average molecular weight is 708 g/mol. The maximum atomic E-state index is 13.5. The van der Waals surface area contributed by atoms with E-state index < -0.39 is 0 Å². The molecule has 0 saturated heterocycles. The van der Waals surface area contributed by atoms with E-state index in [4.69, 9.17) is 14.1 Å². The lowest BCUT2D eigenvalue weighted by Gasteiger charge is -2.11. The Morgan fingerprint density at radius 3 is 2.44 bits per heavy atom. The number of aromatic nitrogens is 2. The molecule has 9 heteroatoms. The van der Waals surface area contributed by atoms with Gasteiger partial charge in [-0.05, 0) is 91.5 Å². The molecule has 0 unspecified atom stereocenters. The maximum absolute atomic E-state index is 13.5. The van der Waals surface area contributed by atoms with Crippen molar-refractivity contribution in [3.8, 4) is 17.3 Å². The van der Waals surface area contributed by atoms with Gasteiger partial charge in [0.15, 0.2) is 5.76 Å². The molecule has 0 saturated carbocycles. The van der Waals surface area contributed by atoms with Crippen LogP contribution in [0.25, 0.3) is 33.5 Å². The van der Waals surface area contributed by atoms with Gasteiger partial charge in [-0.25, -0.2) is 4.98 Å². The van der Waals surface area contributed by atoms with Gasteiger partial charge in [0, 0.05) is 9.86 Å². The fourth-order valence-electron chi connectivity index (χ4n) is 4.16. The zero-order chi connectivity index (χ0) is 26.9. The fourth-order valence-corrected chi connectivity index (χ4v) is 5.99. The molecule has 4 aromatic carbocycles. The second-order valence-electron chi connectivity index (χ2n) is 8.69. The number of furan rings is 1. The molecule has 0 N–H and O–H groups in total. The molecule has 0 radical (unpaired) electrons. The Balaban J connectivity index is 1.39. The molecule has 2 heterocycles. The predicted octanol–water partition coefficient (Wildman–Crippen LogP) is 8.56. The number of para-hydroxylation sites is 1. The molecular weight excluding hydrogens is 690 g/mol. The largest absolute Gasteiger partial charge is 0.487 e. The molecule has 39 heavy (non-hydrogen) atoms. The van der Waals surface area contributed by atoms with Crippen molar-refractivity contribution in [1.82, 2.24) is 9.66 Å². The quantitative estimate of drug-likeness (QED) is 0.163. The molecule has 0 aliphatic rings. The van der Waals surface area contributed by atoms with E-state index in [1.54, 1.807) is 24.4 Å². The first-order valence-corrected chi connectivity index (χ1v) is 14.3. The van der Waals surface area contributed by atoms with Crippen molar-refractivity contribution in [3.05, 3.63) is 126 Å². The van der Waals surface area contributed by atoms with Gasteiger partial charge in [-0.3, -0.25) is 4.79 Å². The van der Waals surface area contributed by atoms with Crippen LogP contribution in [0.15, 0.2) is 119 Å². The van der Waals surface area contributed by atoms with Crippen molar-refractivity contribution in [3.63, 3.8) is 0 Å². The van der Waals surface area contributed by atoms with Crippen LogP contribution in [-0.4, -0.2) is 15.9 Å². The molecule has 0 fully saturated rings. The Labute approximate surface area is 248 Å². The lowest BCUT2D eigenvalue weighted by molar-refractivity contribution is 0.302. The molecule has 0 atom stereocenters. The standard InChI is InChI=1S/C30H18Br3N3O3/c31-21-10-11-26-20(14-21)15-27(39-26)29-35-25-9-5-4-8-22(25)30(37)36(29)34-16-19-12-23(32)28(24(33)13-19)38-17-18-6-2-1-3-7-18/h1-16H,17H2. The summed E-state index contributed by atoms with van der Waals surface area (Å²) in [5.74, 6) is 1.42. The summed E-state index contributed by atoms with van der Waals surface area (Å²) in [6.07, 6.45) is 1.61. The minimum atomic E-state index is -0.297. The smallest absolute Gasteiger partial charge is 0.282 e. The normalized spacial score (nSPS) is 11.6. The Bertz CT molecular complexity index is 1910. The van der Waals surface area contributed by atoms with Crippen LogP contribution in [0.2, 0.25) is 0 Å². The summed E-state index contributed by atoms with van der Waals surface area (Å²) < 4.78 is 15.8. The number of rotatable bonds is 6. The molecule has 6 rings (SSSR count). The monoisotopic (exact) mass is 705 g/mol. The Morgan fingerprint density at radius 2 is 1.64 bits per heavy atom. The van der Waals surface area contributed by atoms with Crippen LogP contribution >= 0.6 is 47.8 Å². The third kappa shape index (κ3) is 5.34. The summed E-state index contributed by atoms with van der Waals surface area (Å²) in [7, 11) is 0. The van der Waals surface area contributed by atoms with E-state index in [9.17, 15) is 4.79 Å². The van der Waals surface area contributed by atoms with Crippen LogP contribution in [0, 0.1) is 0 Å². The van der Waals surface area contributed by atoms with Crippen LogP contribution in [0.1, 0.15) is 11.1 Å². The third-order valence-corrected chi connectivity index (χ3v) is 7.69. The lowest BCUT2D eigenvalue weighted by Crippen LogP contribution is -2.20. The van der Waals surface area contributed by atoms with E-state index >= 15 is 0 Å². The van der Waals surface area contributed by atoms with Gasteiger partial charge < -0.3 is 9.15 Å². The molecule has 0 aliphatic heterocycles. The number of ether oxygens (including phenoxy) is 1. The number of halogens is 3. The molecule has 192 valence electrons. The highest BCUT2D eigenvalue weighted by Gasteiger charge is 2.17. The molecule has 0 amide bonds. The van der Waals surface area contributed by atoms with E-state index in [0.29, 0.717) is 40.4 Å². The average Bonchev–Trinajstić information content (AvgIpc) is 3.36. The zero-order valence-corrected chi connectivity index (χ0v) is 24.9. The minimum absolute atomic E-state index is 0.297. The Hall–Kier alpha value is -3.53. The van der Waals surface area contributed by atoms with Gasteiger partial charge >= 0.3 is 0 Å². The molecule has 6 nitrogen and oxygen atoms in total. The van der Waals surface area contributed by atoms with Crippen molar-refractivity contribution in [1.29, 1.82) is 0 Å². The van der Waals surface area contributed by atoms with Gasteiger partial charge in [-0.2, -0.15) is 9.78 Å². The number of hydrogen-bond acceptors (Lipinski definition) is 5. The van der Waals surface area contributed by atoms with Crippen LogP contribution in [-0.2, 0) is 6.61 Å². The van der Waals surface area contributed by atoms with E-state index in [1.165, 1.54) is 4.68 Å². The number of benzene rings is 4. The third-order valence-electron chi connectivity index (χ3n) is 6.02. The highest BCUT2D eigenvalue weighted by atomic mass is 79.9. The first kappa shape index (κ1) is 25.7. The molecule has 2 aromatic heterocycles. The number of fused-ring (bicyclic) bond motifs is 2. The molecule has 6 aromatic rings. The van der Waals surface area contributed by atoms with Gasteiger partial charge in [0.1, 0.15) is 17.9 Å². The summed E-state index contributed by atoms with van der Waals surface area (Å²) in [4.78, 5) is 18.3. The van der Waals surface area contributed by atoms with Crippen LogP contribution < -0.4 is 10.3 Å². The molecule has 0 bridgehead atoms. The van der Waals surface area contributed by atoms with E-state index in [-0.39, 0.29) is 5.56 Å². The van der Waals surface area contributed by atoms with Gasteiger partial charge in [-0.1, -0.05) is 58.4 Å². The number of nitrogens with zero attached hydrogens (tertiary/aromatic N) is 3. The molecule has 0 spiro atoms. The van der Waals surface area contributed by atoms with Crippen molar-refractivity contribution >= 4 is 75.9 Å². The van der Waals surface area contributed by atoms with Crippen LogP contribution in [0.3, 0.4) is 0 Å². The van der Waals surface area contributed by atoms with E-state index in [1.807, 2.05) is 72.8 Å². The van der Waals surface area contributed by atoms with Gasteiger partial charge in [0.2, 0.25) is 5.82 Å². The van der Waals surface area contributed by atoms with Gasteiger partial charge in [0.25, 0.3) is 5.56 Å². The Kier molecular flexibility index (Phi) is 7.20. The van der Waals surface area contributed by atoms with Crippen molar-refractivity contribution in [2.75, 3.05) is 0 Å². The predicted molar refractivity (Wildman–Crippen MR) is 165 cm³/mol. The summed E-state index contributed by atoms with van der Waals surface area (Å²) in [6, 6.07) is 28.5. The van der Waals surface area contributed by atoms with E-state index in [0.717, 1.165) is 29.9 Å². The van der Waals surface area contributed by atoms with E-state index in [2.05, 4.69) is 52.9 Å². The number of hydrogen-bond donors (Lipinski definition) is 0. The van der Waals surface area contributed by atoms with Crippen LogP contribution in [0.4, 0.5) is 0 Å². The summed E-state index contributed by atoms with van der Waals surface area (Å²) >= 11 is 10.7. The topological polar surface area (TPSA) is 69.6 Å². The highest BCUT2D eigenvalue weighted by molar-refractivity contribution is 9.11. The van der Waals surface area contributed by atoms with Crippen molar-refractivity contribution in [2.45, 2.75) is 6.61 Å². The first-order valence-electron chi connectivity index (χ1n) is 11.9. The fraction of sp³-hybridized carbons (Fsp3) is 0.0333. The summed E-state index contributed by atoms with van der Waals surface area (Å²) in [5.41, 5.74) is 2.77. The van der Waals surface area contributed by atoms with Gasteiger partial charge in [0.05, 0.1) is 26.1 Å². The van der Waals surface area contributed by atoms with Crippen molar-refractivity contribution < 1.29 is 9.15 Å². The second-order valence-corrected chi connectivity index (χ2v) is 11.3. The maximum Gasteiger partial charge on any atom is 0.282 e. The SMILES string of the molecule is O=c1c2ccccc2nc(-c2cc3cc(Br)ccc3o2)n1N=Cc1cc(Br)c(OCc2ccccc2)c(Br)c1. The Morgan fingerprint density at radius 1 is 0.897 bits per heavy atom. The zero-order valence-electron chi connectivity index (χ0n) is 20.1. The highest BCUT2D eigenvalue weighted by Crippen LogP contribution is 2.35. The molecular formula is C30H18Br3N3O3. The van der Waals surface area contributed by atoms with Crippen molar-refractivity contribution in [2.24, 2.45) is 5.10 Å². The summed E-state index contributed by atoms with van der Waals surface area (Å²) in [6.45, 7) is 0.432.